The molecule has 0 aliphatic carbocycles. The first-order valence-corrected chi connectivity index (χ1v) is 7.91. The Balaban J connectivity index is 0.00000200. The van der Waals surface area contributed by atoms with E-state index < -0.39 is 10.0 Å². The molecule has 1 aromatic carbocycles. The Hall–Kier alpha value is -0.660. The van der Waals surface area contributed by atoms with E-state index in [1.54, 1.807) is 25.3 Å². The van der Waals surface area contributed by atoms with Gasteiger partial charge in [0, 0.05) is 19.7 Å². The normalized spacial score (nSPS) is 18.8. The van der Waals surface area contributed by atoms with Crippen LogP contribution in [0.25, 0.3) is 0 Å². The van der Waals surface area contributed by atoms with Crippen LogP contribution >= 0.6 is 12.4 Å². The van der Waals surface area contributed by atoms with Crippen molar-refractivity contribution in [2.75, 3.05) is 20.2 Å². The fourth-order valence-electron chi connectivity index (χ4n) is 2.19. The number of rotatable bonds is 6. The zero-order valence-electron chi connectivity index (χ0n) is 11.5. The second-order valence-electron chi connectivity index (χ2n) is 4.73. The number of halogens is 1. The van der Waals surface area contributed by atoms with E-state index in [9.17, 15) is 8.42 Å². The van der Waals surface area contributed by atoms with E-state index in [1.165, 1.54) is 0 Å². The molecule has 1 aliphatic rings. The molecular formula is C13H21ClN2O3S. The Morgan fingerprint density at radius 2 is 2.25 bits per heavy atom. The molecule has 0 aromatic heterocycles. The van der Waals surface area contributed by atoms with E-state index >= 15 is 0 Å². The van der Waals surface area contributed by atoms with Gasteiger partial charge in [0.05, 0.1) is 11.5 Å². The molecule has 1 saturated heterocycles. The van der Waals surface area contributed by atoms with Crippen molar-refractivity contribution in [1.82, 2.24) is 10.0 Å². The highest BCUT2D eigenvalue weighted by Gasteiger charge is 2.19. The molecule has 0 radical (unpaired) electrons. The number of hydrogen-bond donors (Lipinski definition) is 2. The van der Waals surface area contributed by atoms with Gasteiger partial charge in [-0.1, -0.05) is 12.1 Å². The average Bonchev–Trinajstić information content (AvgIpc) is 2.90. The summed E-state index contributed by atoms with van der Waals surface area (Å²) in [5, 5.41) is 3.27. The van der Waals surface area contributed by atoms with Crippen LogP contribution in [0.15, 0.2) is 29.2 Å². The zero-order valence-corrected chi connectivity index (χ0v) is 13.1. The summed E-state index contributed by atoms with van der Waals surface area (Å²) in [6.45, 7) is 1.82. The van der Waals surface area contributed by atoms with Crippen molar-refractivity contribution in [3.8, 4) is 0 Å². The van der Waals surface area contributed by atoms with Crippen molar-refractivity contribution in [1.29, 1.82) is 0 Å². The van der Waals surface area contributed by atoms with Crippen LogP contribution in [0.4, 0.5) is 0 Å². The number of hydrogen-bond acceptors (Lipinski definition) is 4. The minimum atomic E-state index is -3.43. The molecule has 0 spiro atoms. The van der Waals surface area contributed by atoms with E-state index in [1.807, 2.05) is 6.07 Å². The van der Waals surface area contributed by atoms with Gasteiger partial charge in [0.15, 0.2) is 0 Å². The summed E-state index contributed by atoms with van der Waals surface area (Å²) in [6, 6.07) is 7.08. The molecule has 0 saturated carbocycles. The summed E-state index contributed by atoms with van der Waals surface area (Å²) in [4.78, 5) is 0.292. The van der Waals surface area contributed by atoms with Gasteiger partial charge in [-0.25, -0.2) is 13.1 Å². The van der Waals surface area contributed by atoms with Crippen molar-refractivity contribution in [3.63, 3.8) is 0 Å². The van der Waals surface area contributed by atoms with Crippen molar-refractivity contribution >= 4 is 22.4 Å². The van der Waals surface area contributed by atoms with Crippen LogP contribution in [0.5, 0.6) is 0 Å². The highest BCUT2D eigenvalue weighted by molar-refractivity contribution is 7.89. The third-order valence-corrected chi connectivity index (χ3v) is 4.62. The quantitative estimate of drug-likeness (QED) is 0.828. The summed E-state index contributed by atoms with van der Waals surface area (Å²) < 4.78 is 32.0. The predicted molar refractivity (Wildman–Crippen MR) is 80.6 cm³/mol. The summed E-state index contributed by atoms with van der Waals surface area (Å²) in [5.41, 5.74) is 0.851. The SMILES string of the molecule is COCc1cccc(S(=O)(=O)NCC2CCCN2)c1.Cl. The lowest BCUT2D eigenvalue weighted by atomic mass is 10.2. The Labute approximate surface area is 126 Å². The number of sulfonamides is 1. The standard InChI is InChI=1S/C13H20N2O3S.ClH/c1-18-10-11-4-2-6-13(8-11)19(16,17)15-9-12-5-3-7-14-12;/h2,4,6,8,12,14-15H,3,5,7,9-10H2,1H3;1H. The second kappa shape index (κ2) is 7.95. The van der Waals surface area contributed by atoms with Gasteiger partial charge in [-0.3, -0.25) is 0 Å². The van der Waals surface area contributed by atoms with Crippen LogP contribution in [0, 0.1) is 0 Å². The van der Waals surface area contributed by atoms with Crippen LogP contribution in [-0.2, 0) is 21.4 Å². The maximum atomic E-state index is 12.2. The molecule has 2 N–H and O–H groups in total. The van der Waals surface area contributed by atoms with Gasteiger partial charge in [0.1, 0.15) is 0 Å². The van der Waals surface area contributed by atoms with Crippen molar-refractivity contribution in [3.05, 3.63) is 29.8 Å². The molecule has 7 heteroatoms. The summed E-state index contributed by atoms with van der Waals surface area (Å²) >= 11 is 0. The second-order valence-corrected chi connectivity index (χ2v) is 6.49. The lowest BCUT2D eigenvalue weighted by Crippen LogP contribution is -2.37. The molecule has 0 bridgehead atoms. The van der Waals surface area contributed by atoms with E-state index in [4.69, 9.17) is 4.74 Å². The molecule has 1 aromatic rings. The highest BCUT2D eigenvalue weighted by atomic mass is 35.5. The number of benzene rings is 1. The van der Waals surface area contributed by atoms with E-state index in [2.05, 4.69) is 10.0 Å². The molecule has 1 unspecified atom stereocenters. The molecule has 0 amide bonds. The number of nitrogens with one attached hydrogen (secondary N) is 2. The summed E-state index contributed by atoms with van der Waals surface area (Å²) in [6.07, 6.45) is 2.13. The molecule has 1 fully saturated rings. The zero-order chi connectivity index (χ0) is 13.7. The molecule has 1 heterocycles. The van der Waals surface area contributed by atoms with Crippen LogP contribution in [0.3, 0.4) is 0 Å². The third kappa shape index (κ3) is 4.71. The molecule has 1 aliphatic heterocycles. The number of ether oxygens (including phenoxy) is 1. The lowest BCUT2D eigenvalue weighted by molar-refractivity contribution is 0.184. The maximum Gasteiger partial charge on any atom is 0.240 e. The minimum absolute atomic E-state index is 0. The van der Waals surface area contributed by atoms with Crippen LogP contribution in [-0.4, -0.2) is 34.7 Å². The fraction of sp³-hybridized carbons (Fsp3) is 0.538. The van der Waals surface area contributed by atoms with Gasteiger partial charge < -0.3 is 10.1 Å². The molecule has 114 valence electrons. The van der Waals surface area contributed by atoms with E-state index in [-0.39, 0.29) is 18.4 Å². The maximum absolute atomic E-state index is 12.2. The van der Waals surface area contributed by atoms with E-state index in [0.717, 1.165) is 24.9 Å². The van der Waals surface area contributed by atoms with Crippen LogP contribution in [0.2, 0.25) is 0 Å². The molecule has 20 heavy (non-hydrogen) atoms. The van der Waals surface area contributed by atoms with Gasteiger partial charge in [-0.2, -0.15) is 0 Å². The smallest absolute Gasteiger partial charge is 0.240 e. The monoisotopic (exact) mass is 320 g/mol. The minimum Gasteiger partial charge on any atom is -0.380 e. The first kappa shape index (κ1) is 17.4. The Morgan fingerprint density at radius 3 is 2.90 bits per heavy atom. The predicted octanol–water partition coefficient (Wildman–Crippen LogP) is 1.29. The van der Waals surface area contributed by atoms with Gasteiger partial charge in [0.2, 0.25) is 10.0 Å². The largest absolute Gasteiger partial charge is 0.380 e. The average molecular weight is 321 g/mol. The first-order valence-electron chi connectivity index (χ1n) is 6.43. The molecule has 5 nitrogen and oxygen atoms in total. The van der Waals surface area contributed by atoms with Gasteiger partial charge in [0.25, 0.3) is 0 Å². The Bertz CT molecular complexity index is 516. The van der Waals surface area contributed by atoms with Gasteiger partial charge in [-0.05, 0) is 37.1 Å². The lowest BCUT2D eigenvalue weighted by Gasteiger charge is -2.12. The Kier molecular flexibility index (Phi) is 6.91. The third-order valence-electron chi connectivity index (χ3n) is 3.20. The van der Waals surface area contributed by atoms with Crippen molar-refractivity contribution in [2.24, 2.45) is 0 Å². The van der Waals surface area contributed by atoms with E-state index in [0.29, 0.717) is 18.0 Å². The molecular weight excluding hydrogens is 300 g/mol. The summed E-state index contributed by atoms with van der Waals surface area (Å²) in [5.74, 6) is 0. The van der Waals surface area contributed by atoms with Crippen LogP contribution < -0.4 is 10.0 Å². The molecule has 1 atom stereocenters. The van der Waals surface area contributed by atoms with Gasteiger partial charge >= 0.3 is 0 Å². The van der Waals surface area contributed by atoms with Crippen molar-refractivity contribution < 1.29 is 13.2 Å². The topological polar surface area (TPSA) is 67.4 Å². The summed E-state index contributed by atoms with van der Waals surface area (Å²) in [7, 11) is -1.85. The Morgan fingerprint density at radius 1 is 1.45 bits per heavy atom. The number of methoxy groups -OCH3 is 1. The fourth-order valence-corrected chi connectivity index (χ4v) is 3.35. The highest BCUT2D eigenvalue weighted by Crippen LogP contribution is 2.13. The molecule has 2 rings (SSSR count). The first-order chi connectivity index (χ1) is 9.12. The van der Waals surface area contributed by atoms with Crippen molar-refractivity contribution in [2.45, 2.75) is 30.4 Å². The van der Waals surface area contributed by atoms with Crippen LogP contribution in [0.1, 0.15) is 18.4 Å². The van der Waals surface area contributed by atoms with Gasteiger partial charge in [-0.15, -0.1) is 12.4 Å².